The van der Waals surface area contributed by atoms with Gasteiger partial charge in [-0.3, -0.25) is 0 Å². The van der Waals surface area contributed by atoms with Crippen LogP contribution in [0.3, 0.4) is 0 Å². The van der Waals surface area contributed by atoms with E-state index in [-0.39, 0.29) is 0 Å². The number of benzene rings is 3. The maximum Gasteiger partial charge on any atom is 0.127 e. The monoisotopic (exact) mass is 375 g/mol. The molecule has 3 rings (SSSR count). The Morgan fingerprint density at radius 2 is 1.43 bits per heavy atom. The molecule has 3 aromatic carbocycles. The average molecular weight is 376 g/mol. The van der Waals surface area contributed by atoms with E-state index in [0.29, 0.717) is 0 Å². The van der Waals surface area contributed by atoms with Crippen LogP contribution in [0.1, 0.15) is 38.2 Å². The van der Waals surface area contributed by atoms with Crippen molar-refractivity contribution in [1.29, 1.82) is 0 Å². The van der Waals surface area contributed by atoms with E-state index in [1.807, 2.05) is 66.7 Å². The van der Waals surface area contributed by atoms with Crippen LogP contribution in [-0.4, -0.2) is 6.61 Å². The molecule has 146 valence electrons. The molecule has 0 heterocycles. The lowest BCUT2D eigenvalue weighted by atomic mass is 10.2. The van der Waals surface area contributed by atoms with Crippen LogP contribution >= 0.6 is 0 Å². The Bertz CT molecular complexity index is 815. The molecule has 3 aromatic rings. The Kier molecular flexibility index (Phi) is 7.80. The summed E-state index contributed by atoms with van der Waals surface area (Å²) in [4.78, 5) is 0. The van der Waals surface area contributed by atoms with Gasteiger partial charge in [-0.15, -0.1) is 0 Å². The molecule has 1 N–H and O–H groups in total. The fourth-order valence-electron chi connectivity index (χ4n) is 2.96. The third-order valence-electron chi connectivity index (χ3n) is 4.54. The van der Waals surface area contributed by atoms with Gasteiger partial charge in [-0.1, -0.05) is 62.6 Å². The molecule has 0 aliphatic carbocycles. The quantitative estimate of drug-likeness (QED) is 0.364. The van der Waals surface area contributed by atoms with Crippen molar-refractivity contribution in [3.63, 3.8) is 0 Å². The number of rotatable bonds is 11. The molecule has 0 unspecified atom stereocenters. The molecule has 0 aliphatic rings. The summed E-state index contributed by atoms with van der Waals surface area (Å²) in [7, 11) is 0. The summed E-state index contributed by atoms with van der Waals surface area (Å²) in [5, 5.41) is 3.47. The van der Waals surface area contributed by atoms with Crippen molar-refractivity contribution in [1.82, 2.24) is 0 Å². The van der Waals surface area contributed by atoms with Gasteiger partial charge < -0.3 is 14.8 Å². The van der Waals surface area contributed by atoms with E-state index in [1.54, 1.807) is 0 Å². The summed E-state index contributed by atoms with van der Waals surface area (Å²) in [5.41, 5.74) is 2.22. The number of unbranched alkanes of at least 4 members (excludes halogenated alkanes) is 3. The second kappa shape index (κ2) is 11.0. The Balaban J connectivity index is 1.51. The van der Waals surface area contributed by atoms with Crippen LogP contribution in [0.4, 0.5) is 5.69 Å². The van der Waals surface area contributed by atoms with Gasteiger partial charge >= 0.3 is 0 Å². The van der Waals surface area contributed by atoms with Crippen LogP contribution in [0, 0.1) is 0 Å². The summed E-state index contributed by atoms with van der Waals surface area (Å²) >= 11 is 0. The summed E-state index contributed by atoms with van der Waals surface area (Å²) in [5.74, 6) is 2.64. The maximum atomic E-state index is 6.00. The second-order valence-electron chi connectivity index (χ2n) is 6.81. The summed E-state index contributed by atoms with van der Waals surface area (Å²) in [6, 6.07) is 26.1. The Labute approximate surface area is 168 Å². The zero-order chi connectivity index (χ0) is 19.4. The fourth-order valence-corrected chi connectivity index (χ4v) is 2.96. The topological polar surface area (TPSA) is 30.5 Å². The predicted octanol–water partition coefficient (Wildman–Crippen LogP) is 7.05. The molecule has 0 amide bonds. The predicted molar refractivity (Wildman–Crippen MR) is 116 cm³/mol. The molecule has 3 heteroatoms. The van der Waals surface area contributed by atoms with Gasteiger partial charge in [-0.2, -0.15) is 0 Å². The SMILES string of the molecule is CCCCCCOc1ccccc1CNc1ccc(Oc2ccccc2)cc1. The van der Waals surface area contributed by atoms with Crippen LogP contribution in [0.25, 0.3) is 0 Å². The first-order chi connectivity index (χ1) is 13.8. The molecule has 3 nitrogen and oxygen atoms in total. The van der Waals surface area contributed by atoms with Crippen molar-refractivity contribution in [2.24, 2.45) is 0 Å². The Morgan fingerprint density at radius 3 is 2.21 bits per heavy atom. The van der Waals surface area contributed by atoms with E-state index >= 15 is 0 Å². The van der Waals surface area contributed by atoms with Gasteiger partial charge in [0, 0.05) is 17.8 Å². The molecule has 0 atom stereocenters. The lowest BCUT2D eigenvalue weighted by Gasteiger charge is -2.13. The van der Waals surface area contributed by atoms with E-state index in [1.165, 1.54) is 24.8 Å². The standard InChI is InChI=1S/C25H29NO2/c1-2-3-4-10-19-27-25-14-9-8-11-21(25)20-26-22-15-17-24(18-16-22)28-23-12-6-5-7-13-23/h5-9,11-18,26H,2-4,10,19-20H2,1H3. The molecule has 0 bridgehead atoms. The fraction of sp³-hybridized carbons (Fsp3) is 0.280. The van der Waals surface area contributed by atoms with Gasteiger partial charge in [-0.25, -0.2) is 0 Å². The van der Waals surface area contributed by atoms with E-state index in [9.17, 15) is 0 Å². The van der Waals surface area contributed by atoms with Crippen molar-refractivity contribution in [2.75, 3.05) is 11.9 Å². The van der Waals surface area contributed by atoms with Crippen molar-refractivity contribution >= 4 is 5.69 Å². The van der Waals surface area contributed by atoms with Gasteiger partial charge in [0.25, 0.3) is 0 Å². The van der Waals surface area contributed by atoms with Gasteiger partial charge in [0.1, 0.15) is 17.2 Å². The minimum atomic E-state index is 0.726. The molecule has 0 aromatic heterocycles. The summed E-state index contributed by atoms with van der Waals surface area (Å²) in [6.45, 7) is 3.73. The van der Waals surface area contributed by atoms with E-state index in [2.05, 4.69) is 24.4 Å². The van der Waals surface area contributed by atoms with Gasteiger partial charge in [-0.05, 0) is 48.9 Å². The molecule has 0 saturated heterocycles. The highest BCUT2D eigenvalue weighted by atomic mass is 16.5. The molecule has 0 spiro atoms. The average Bonchev–Trinajstić information content (AvgIpc) is 2.74. The number of ether oxygens (including phenoxy) is 2. The summed E-state index contributed by atoms with van der Waals surface area (Å²) < 4.78 is 11.8. The lowest BCUT2D eigenvalue weighted by molar-refractivity contribution is 0.302. The van der Waals surface area contributed by atoms with Crippen LogP contribution in [0.5, 0.6) is 17.2 Å². The van der Waals surface area contributed by atoms with Crippen molar-refractivity contribution in [3.05, 3.63) is 84.4 Å². The molecule has 28 heavy (non-hydrogen) atoms. The highest BCUT2D eigenvalue weighted by Crippen LogP contribution is 2.24. The lowest BCUT2D eigenvalue weighted by Crippen LogP contribution is -2.04. The number of para-hydroxylation sites is 2. The normalized spacial score (nSPS) is 10.5. The zero-order valence-electron chi connectivity index (χ0n) is 16.6. The van der Waals surface area contributed by atoms with Crippen molar-refractivity contribution < 1.29 is 9.47 Å². The first-order valence-corrected chi connectivity index (χ1v) is 10.1. The zero-order valence-corrected chi connectivity index (χ0v) is 16.6. The Hall–Kier alpha value is -2.94. The first kappa shape index (κ1) is 19.8. The van der Waals surface area contributed by atoms with Crippen molar-refractivity contribution in [3.8, 4) is 17.2 Å². The highest BCUT2D eigenvalue weighted by Gasteiger charge is 2.04. The number of anilines is 1. The minimum absolute atomic E-state index is 0.726. The van der Waals surface area contributed by atoms with E-state index < -0.39 is 0 Å². The third-order valence-corrected chi connectivity index (χ3v) is 4.54. The van der Waals surface area contributed by atoms with Crippen LogP contribution < -0.4 is 14.8 Å². The largest absolute Gasteiger partial charge is 0.493 e. The highest BCUT2D eigenvalue weighted by molar-refractivity contribution is 5.48. The van der Waals surface area contributed by atoms with Gasteiger partial charge in [0.15, 0.2) is 0 Å². The number of hydrogen-bond donors (Lipinski definition) is 1. The molecular formula is C25H29NO2. The molecule has 0 aliphatic heterocycles. The first-order valence-electron chi connectivity index (χ1n) is 10.1. The second-order valence-corrected chi connectivity index (χ2v) is 6.81. The van der Waals surface area contributed by atoms with Crippen LogP contribution in [0.15, 0.2) is 78.9 Å². The summed E-state index contributed by atoms with van der Waals surface area (Å²) in [6.07, 6.45) is 4.86. The number of nitrogens with one attached hydrogen (secondary N) is 1. The molecule has 0 fully saturated rings. The smallest absolute Gasteiger partial charge is 0.127 e. The third kappa shape index (κ3) is 6.34. The van der Waals surface area contributed by atoms with Crippen molar-refractivity contribution in [2.45, 2.75) is 39.2 Å². The van der Waals surface area contributed by atoms with Crippen LogP contribution in [0.2, 0.25) is 0 Å². The molecule has 0 radical (unpaired) electrons. The maximum absolute atomic E-state index is 6.00. The minimum Gasteiger partial charge on any atom is -0.493 e. The Morgan fingerprint density at radius 1 is 0.714 bits per heavy atom. The van der Waals surface area contributed by atoms with Crippen LogP contribution in [-0.2, 0) is 6.54 Å². The number of hydrogen-bond acceptors (Lipinski definition) is 3. The van der Waals surface area contributed by atoms with Gasteiger partial charge in [0.2, 0.25) is 0 Å². The molecule has 0 saturated carbocycles. The van der Waals surface area contributed by atoms with E-state index in [0.717, 1.165) is 42.5 Å². The van der Waals surface area contributed by atoms with E-state index in [4.69, 9.17) is 9.47 Å². The molecular weight excluding hydrogens is 346 g/mol. The van der Waals surface area contributed by atoms with Gasteiger partial charge in [0.05, 0.1) is 6.61 Å².